The number of hydrogen-bond acceptors (Lipinski definition) is 6. The van der Waals surface area contributed by atoms with Gasteiger partial charge in [0, 0.05) is 0 Å². The highest BCUT2D eigenvalue weighted by molar-refractivity contribution is 6.31. The van der Waals surface area contributed by atoms with Gasteiger partial charge in [0.25, 0.3) is 5.56 Å². The highest BCUT2D eigenvalue weighted by Crippen LogP contribution is 2.33. The van der Waals surface area contributed by atoms with Crippen LogP contribution in [0.25, 0.3) is 5.69 Å². The number of ether oxygens (including phenoxy) is 2. The number of hydrogen-bond donors (Lipinski definition) is 1. The summed E-state index contributed by atoms with van der Waals surface area (Å²) in [6.07, 6.45) is 2.85. The van der Waals surface area contributed by atoms with Gasteiger partial charge in [-0.15, -0.1) is 0 Å². The fraction of sp³-hybridized carbons (Fsp3) is 0.0556. The molecule has 0 bridgehead atoms. The van der Waals surface area contributed by atoms with Crippen molar-refractivity contribution in [3.8, 4) is 22.9 Å². The molecule has 7 nitrogen and oxygen atoms in total. The number of nitrogens with two attached hydrogens (primary N) is 1. The van der Waals surface area contributed by atoms with Crippen LogP contribution in [-0.2, 0) is 0 Å². The topological polar surface area (TPSA) is 91.7 Å². The second kappa shape index (κ2) is 7.71. The van der Waals surface area contributed by atoms with Gasteiger partial charge in [-0.05, 0) is 35.9 Å². The van der Waals surface area contributed by atoms with Crippen LogP contribution in [0.3, 0.4) is 0 Å². The minimum absolute atomic E-state index is 0.0847. The van der Waals surface area contributed by atoms with E-state index in [1.54, 1.807) is 42.5 Å². The van der Waals surface area contributed by atoms with Crippen LogP contribution in [0.15, 0.2) is 64.6 Å². The van der Waals surface area contributed by atoms with Gasteiger partial charge >= 0.3 is 0 Å². The van der Waals surface area contributed by atoms with Gasteiger partial charge in [-0.3, -0.25) is 4.79 Å². The second-order valence-corrected chi connectivity index (χ2v) is 5.54. The van der Waals surface area contributed by atoms with Crippen molar-refractivity contribution in [3.05, 3.63) is 75.7 Å². The third-order valence-corrected chi connectivity index (χ3v) is 3.87. The molecule has 0 aliphatic rings. The average Bonchev–Trinajstić information content (AvgIpc) is 2.67. The fourth-order valence-corrected chi connectivity index (χ4v) is 2.46. The summed E-state index contributed by atoms with van der Waals surface area (Å²) in [6.45, 7) is 0. The molecule has 0 atom stereocenters. The average molecular weight is 371 g/mol. The summed E-state index contributed by atoms with van der Waals surface area (Å²) in [5, 5.41) is 7.50. The number of benzene rings is 2. The second-order valence-electron chi connectivity index (χ2n) is 5.17. The summed E-state index contributed by atoms with van der Waals surface area (Å²) in [4.78, 5) is 12.5. The van der Waals surface area contributed by atoms with Crippen LogP contribution in [0.2, 0.25) is 5.02 Å². The summed E-state index contributed by atoms with van der Waals surface area (Å²) in [5.41, 5.74) is 0.857. The Balaban J connectivity index is 1.97. The van der Waals surface area contributed by atoms with E-state index in [0.29, 0.717) is 17.2 Å². The number of halogens is 1. The smallest absolute Gasteiger partial charge is 0.294 e. The van der Waals surface area contributed by atoms with E-state index in [-0.39, 0.29) is 10.8 Å². The lowest BCUT2D eigenvalue weighted by Crippen LogP contribution is -2.21. The Morgan fingerprint density at radius 2 is 1.92 bits per heavy atom. The molecule has 1 aromatic heterocycles. The van der Waals surface area contributed by atoms with Crippen molar-refractivity contribution < 1.29 is 9.47 Å². The zero-order chi connectivity index (χ0) is 18.5. The van der Waals surface area contributed by atoms with E-state index in [1.165, 1.54) is 24.2 Å². The van der Waals surface area contributed by atoms with Crippen molar-refractivity contribution in [1.82, 2.24) is 9.78 Å². The number of aromatic nitrogens is 2. The summed E-state index contributed by atoms with van der Waals surface area (Å²) in [7, 11) is 1.50. The third kappa shape index (κ3) is 3.52. The largest absolute Gasteiger partial charge is 0.493 e. The maximum Gasteiger partial charge on any atom is 0.294 e. The van der Waals surface area contributed by atoms with Crippen molar-refractivity contribution in [3.63, 3.8) is 0 Å². The SMILES string of the molecule is COc1cc(C=NN)ccc1Oc1cnn(-c2ccccc2)c(=O)c1Cl. The molecule has 132 valence electrons. The molecule has 0 saturated carbocycles. The Morgan fingerprint density at radius 1 is 1.15 bits per heavy atom. The zero-order valence-corrected chi connectivity index (χ0v) is 14.6. The molecule has 0 aliphatic carbocycles. The lowest BCUT2D eigenvalue weighted by atomic mass is 10.2. The predicted octanol–water partition coefficient (Wildman–Crippen LogP) is 2.98. The molecule has 2 aromatic carbocycles. The number of para-hydroxylation sites is 1. The number of rotatable bonds is 5. The molecule has 0 amide bonds. The Hall–Kier alpha value is -3.32. The number of methoxy groups -OCH3 is 1. The number of nitrogens with zero attached hydrogens (tertiary/aromatic N) is 3. The van der Waals surface area contributed by atoms with Gasteiger partial charge in [0.1, 0.15) is 0 Å². The van der Waals surface area contributed by atoms with Crippen molar-refractivity contribution in [2.24, 2.45) is 10.9 Å². The lowest BCUT2D eigenvalue weighted by Gasteiger charge is -2.12. The van der Waals surface area contributed by atoms with E-state index in [1.807, 2.05) is 6.07 Å². The highest BCUT2D eigenvalue weighted by Gasteiger charge is 2.14. The van der Waals surface area contributed by atoms with Crippen LogP contribution in [0, 0.1) is 0 Å². The number of hydrazone groups is 1. The van der Waals surface area contributed by atoms with E-state index >= 15 is 0 Å². The molecule has 0 fully saturated rings. The fourth-order valence-electron chi connectivity index (χ4n) is 2.30. The van der Waals surface area contributed by atoms with Crippen molar-refractivity contribution in [2.45, 2.75) is 0 Å². The molecule has 2 N–H and O–H groups in total. The summed E-state index contributed by atoms with van der Waals surface area (Å²) < 4.78 is 12.2. The molecule has 3 rings (SSSR count). The lowest BCUT2D eigenvalue weighted by molar-refractivity contribution is 0.377. The molecule has 0 radical (unpaired) electrons. The molecule has 0 spiro atoms. The van der Waals surface area contributed by atoms with Crippen LogP contribution < -0.4 is 20.9 Å². The Morgan fingerprint density at radius 3 is 2.62 bits per heavy atom. The minimum atomic E-state index is -0.485. The first kappa shape index (κ1) is 17.5. The van der Waals surface area contributed by atoms with Crippen LogP contribution >= 0.6 is 11.6 Å². The summed E-state index contributed by atoms with van der Waals surface area (Å²) in [6, 6.07) is 14.1. The molecule has 1 heterocycles. The maximum atomic E-state index is 12.5. The molecule has 0 aliphatic heterocycles. The Bertz CT molecular complexity index is 1000. The first-order valence-corrected chi connectivity index (χ1v) is 7.94. The van der Waals surface area contributed by atoms with Crippen molar-refractivity contribution >= 4 is 17.8 Å². The van der Waals surface area contributed by atoms with Crippen LogP contribution in [0.4, 0.5) is 0 Å². The van der Waals surface area contributed by atoms with E-state index in [4.69, 9.17) is 26.9 Å². The Labute approximate surface area is 154 Å². The Kier molecular flexibility index (Phi) is 5.19. The van der Waals surface area contributed by atoms with Gasteiger partial charge in [-0.25, -0.2) is 0 Å². The van der Waals surface area contributed by atoms with Gasteiger partial charge in [0.05, 0.1) is 25.2 Å². The predicted molar refractivity (Wildman–Crippen MR) is 99.7 cm³/mol. The molecule has 26 heavy (non-hydrogen) atoms. The first-order valence-electron chi connectivity index (χ1n) is 7.56. The molecule has 0 unspecified atom stereocenters. The van der Waals surface area contributed by atoms with Gasteiger partial charge < -0.3 is 15.3 Å². The zero-order valence-electron chi connectivity index (χ0n) is 13.8. The summed E-state index contributed by atoms with van der Waals surface area (Å²) >= 11 is 6.20. The van der Waals surface area contributed by atoms with Gasteiger partial charge in [-0.2, -0.15) is 14.9 Å². The van der Waals surface area contributed by atoms with E-state index in [0.717, 1.165) is 5.56 Å². The maximum absolute atomic E-state index is 12.5. The molecular weight excluding hydrogens is 356 g/mol. The molecular formula is C18H15ClN4O3. The van der Waals surface area contributed by atoms with Crippen LogP contribution in [0.1, 0.15) is 5.56 Å². The first-order chi connectivity index (χ1) is 12.6. The van der Waals surface area contributed by atoms with Crippen molar-refractivity contribution in [2.75, 3.05) is 7.11 Å². The van der Waals surface area contributed by atoms with Crippen LogP contribution in [0.5, 0.6) is 17.2 Å². The van der Waals surface area contributed by atoms with E-state index < -0.39 is 5.56 Å². The van der Waals surface area contributed by atoms with E-state index in [9.17, 15) is 4.79 Å². The summed E-state index contributed by atoms with van der Waals surface area (Å²) in [5.74, 6) is 6.09. The normalized spacial score (nSPS) is 10.8. The monoisotopic (exact) mass is 370 g/mol. The van der Waals surface area contributed by atoms with Crippen molar-refractivity contribution in [1.29, 1.82) is 0 Å². The molecule has 3 aromatic rings. The van der Waals surface area contributed by atoms with Gasteiger partial charge in [0.15, 0.2) is 22.3 Å². The third-order valence-electron chi connectivity index (χ3n) is 3.52. The quantitative estimate of drug-likeness (QED) is 0.423. The minimum Gasteiger partial charge on any atom is -0.493 e. The van der Waals surface area contributed by atoms with Crippen LogP contribution in [-0.4, -0.2) is 23.1 Å². The van der Waals surface area contributed by atoms with E-state index in [2.05, 4.69) is 10.2 Å². The highest BCUT2D eigenvalue weighted by atomic mass is 35.5. The molecule has 0 saturated heterocycles. The van der Waals surface area contributed by atoms with Gasteiger partial charge in [0.2, 0.25) is 0 Å². The molecule has 8 heteroatoms. The standard InChI is InChI=1S/C18H15ClN4O3/c1-25-15-9-12(10-21-20)7-8-14(15)26-16-11-22-23(18(24)17(16)19)13-5-3-2-4-6-13/h2-11H,20H2,1H3. The van der Waals surface area contributed by atoms with Gasteiger partial charge in [-0.1, -0.05) is 29.8 Å².